The molecule has 1 amide bonds. The molecule has 1 fully saturated rings. The van der Waals surface area contributed by atoms with Crippen molar-refractivity contribution in [2.75, 3.05) is 33.4 Å². The van der Waals surface area contributed by atoms with Crippen molar-refractivity contribution < 1.29 is 14.6 Å². The van der Waals surface area contributed by atoms with Crippen molar-refractivity contribution in [2.45, 2.75) is 32.2 Å². The highest BCUT2D eigenvalue weighted by Crippen LogP contribution is 2.31. The van der Waals surface area contributed by atoms with E-state index in [2.05, 4.69) is 17.6 Å². The summed E-state index contributed by atoms with van der Waals surface area (Å²) >= 11 is 0. The van der Waals surface area contributed by atoms with Crippen molar-refractivity contribution in [3.8, 4) is 0 Å². The molecule has 3 N–H and O–H groups in total. The number of amides is 1. The molecule has 0 aromatic rings. The third-order valence-corrected chi connectivity index (χ3v) is 3.38. The molecule has 100 valence electrons. The fourth-order valence-electron chi connectivity index (χ4n) is 2.42. The van der Waals surface area contributed by atoms with Gasteiger partial charge in [0.2, 0.25) is 5.91 Å². The molecule has 2 unspecified atom stereocenters. The average molecular weight is 244 g/mol. The first kappa shape index (κ1) is 14.4. The average Bonchev–Trinajstić information content (AvgIpc) is 2.78. The Balaban J connectivity index is 2.58. The fourth-order valence-corrected chi connectivity index (χ4v) is 2.42. The monoisotopic (exact) mass is 244 g/mol. The van der Waals surface area contributed by atoms with Crippen LogP contribution in [0.4, 0.5) is 0 Å². The Morgan fingerprint density at radius 1 is 1.65 bits per heavy atom. The molecule has 5 nitrogen and oxygen atoms in total. The van der Waals surface area contributed by atoms with Crippen molar-refractivity contribution in [1.82, 2.24) is 10.6 Å². The van der Waals surface area contributed by atoms with Crippen LogP contribution in [-0.2, 0) is 9.53 Å². The first-order valence-electron chi connectivity index (χ1n) is 6.30. The topological polar surface area (TPSA) is 70.6 Å². The van der Waals surface area contributed by atoms with Crippen LogP contribution in [0.15, 0.2) is 0 Å². The van der Waals surface area contributed by atoms with E-state index < -0.39 is 0 Å². The van der Waals surface area contributed by atoms with Gasteiger partial charge < -0.3 is 20.5 Å². The minimum atomic E-state index is -0.304. The number of nitrogens with one attached hydrogen (secondary N) is 2. The van der Waals surface area contributed by atoms with Gasteiger partial charge in [0.1, 0.15) is 0 Å². The summed E-state index contributed by atoms with van der Waals surface area (Å²) in [7, 11) is 1.56. The lowest BCUT2D eigenvalue weighted by Gasteiger charge is -2.28. The van der Waals surface area contributed by atoms with Crippen LogP contribution >= 0.6 is 0 Å². The Morgan fingerprint density at radius 3 is 2.88 bits per heavy atom. The van der Waals surface area contributed by atoms with Crippen molar-refractivity contribution in [2.24, 2.45) is 5.41 Å². The van der Waals surface area contributed by atoms with Gasteiger partial charge in [-0.3, -0.25) is 4.79 Å². The lowest BCUT2D eigenvalue weighted by molar-refractivity contribution is -0.132. The normalized spacial score (nSPS) is 25.8. The van der Waals surface area contributed by atoms with Gasteiger partial charge in [0.25, 0.3) is 0 Å². The van der Waals surface area contributed by atoms with Gasteiger partial charge in [-0.1, -0.05) is 13.3 Å². The lowest BCUT2D eigenvalue weighted by atomic mass is 9.81. The minimum absolute atomic E-state index is 0.0421. The lowest BCUT2D eigenvalue weighted by Crippen LogP contribution is -2.49. The number of carbonyl (C=O) groups is 1. The molecule has 2 atom stereocenters. The molecular weight excluding hydrogens is 220 g/mol. The smallest absolute Gasteiger partial charge is 0.227 e. The summed E-state index contributed by atoms with van der Waals surface area (Å²) in [6.45, 7) is 3.97. The minimum Gasteiger partial charge on any atom is -0.394 e. The largest absolute Gasteiger partial charge is 0.394 e. The summed E-state index contributed by atoms with van der Waals surface area (Å²) in [6, 6.07) is -0.304. The Morgan fingerprint density at radius 2 is 2.41 bits per heavy atom. The zero-order valence-electron chi connectivity index (χ0n) is 10.8. The Labute approximate surface area is 103 Å². The van der Waals surface area contributed by atoms with Gasteiger partial charge in [-0.25, -0.2) is 0 Å². The highest BCUT2D eigenvalue weighted by Gasteiger charge is 2.40. The molecule has 0 aromatic heterocycles. The van der Waals surface area contributed by atoms with Crippen LogP contribution < -0.4 is 10.6 Å². The van der Waals surface area contributed by atoms with Gasteiger partial charge in [-0.15, -0.1) is 0 Å². The van der Waals surface area contributed by atoms with Crippen LogP contribution in [0.5, 0.6) is 0 Å². The molecule has 17 heavy (non-hydrogen) atoms. The third-order valence-electron chi connectivity index (χ3n) is 3.38. The molecule has 1 aliphatic rings. The van der Waals surface area contributed by atoms with Gasteiger partial charge >= 0.3 is 0 Å². The predicted octanol–water partition coefficient (Wildman–Crippen LogP) is -0.110. The Bertz CT molecular complexity index is 240. The van der Waals surface area contributed by atoms with E-state index in [-0.39, 0.29) is 24.0 Å². The highest BCUT2D eigenvalue weighted by molar-refractivity contribution is 5.83. The SMILES string of the molecule is CCCC1(C(=O)NC(CO)COC)CCNC1. The van der Waals surface area contributed by atoms with Crippen LogP contribution in [0, 0.1) is 5.41 Å². The van der Waals surface area contributed by atoms with Crippen LogP contribution in [0.1, 0.15) is 26.2 Å². The number of rotatable bonds is 7. The van der Waals surface area contributed by atoms with E-state index in [1.807, 2.05) is 0 Å². The Hall–Kier alpha value is -0.650. The van der Waals surface area contributed by atoms with Crippen LogP contribution in [0.2, 0.25) is 0 Å². The van der Waals surface area contributed by atoms with E-state index in [0.717, 1.165) is 32.4 Å². The van der Waals surface area contributed by atoms with E-state index in [1.165, 1.54) is 0 Å². The number of aliphatic hydroxyl groups excluding tert-OH is 1. The van der Waals surface area contributed by atoms with Crippen molar-refractivity contribution in [3.63, 3.8) is 0 Å². The fraction of sp³-hybridized carbons (Fsp3) is 0.917. The van der Waals surface area contributed by atoms with E-state index in [4.69, 9.17) is 9.84 Å². The second-order valence-corrected chi connectivity index (χ2v) is 4.77. The molecule has 1 aliphatic heterocycles. The standard InChI is InChI=1S/C12H24N2O3/c1-3-4-12(5-6-13-9-12)11(16)14-10(7-15)8-17-2/h10,13,15H,3-9H2,1-2H3,(H,14,16). The summed E-state index contributed by atoms with van der Waals surface area (Å²) in [5, 5.41) is 15.3. The number of methoxy groups -OCH3 is 1. The van der Waals surface area contributed by atoms with E-state index in [0.29, 0.717) is 6.61 Å². The zero-order valence-corrected chi connectivity index (χ0v) is 10.8. The van der Waals surface area contributed by atoms with Gasteiger partial charge in [0.15, 0.2) is 0 Å². The second-order valence-electron chi connectivity index (χ2n) is 4.77. The van der Waals surface area contributed by atoms with Crippen LogP contribution in [-0.4, -0.2) is 50.5 Å². The zero-order chi connectivity index (χ0) is 12.7. The van der Waals surface area contributed by atoms with Gasteiger partial charge in [-0.05, 0) is 19.4 Å². The summed E-state index contributed by atoms with van der Waals surface area (Å²) in [5.41, 5.74) is -0.296. The molecule has 1 heterocycles. The predicted molar refractivity (Wildman–Crippen MR) is 65.7 cm³/mol. The van der Waals surface area contributed by atoms with E-state index in [9.17, 15) is 4.79 Å². The molecule has 5 heteroatoms. The maximum absolute atomic E-state index is 12.3. The second kappa shape index (κ2) is 6.93. The molecule has 1 saturated heterocycles. The first-order chi connectivity index (χ1) is 8.18. The quantitative estimate of drug-likeness (QED) is 0.584. The van der Waals surface area contributed by atoms with Crippen molar-refractivity contribution >= 4 is 5.91 Å². The number of carbonyl (C=O) groups excluding carboxylic acids is 1. The number of hydrogen-bond donors (Lipinski definition) is 3. The maximum Gasteiger partial charge on any atom is 0.227 e. The van der Waals surface area contributed by atoms with Crippen LogP contribution in [0.25, 0.3) is 0 Å². The van der Waals surface area contributed by atoms with Gasteiger partial charge in [0, 0.05) is 13.7 Å². The number of hydrogen-bond acceptors (Lipinski definition) is 4. The van der Waals surface area contributed by atoms with Crippen LogP contribution in [0.3, 0.4) is 0 Å². The summed E-state index contributed by atoms with van der Waals surface area (Å²) in [6.07, 6.45) is 2.75. The molecule has 0 aliphatic carbocycles. The molecular formula is C12H24N2O3. The van der Waals surface area contributed by atoms with E-state index in [1.54, 1.807) is 7.11 Å². The van der Waals surface area contributed by atoms with E-state index >= 15 is 0 Å². The number of aliphatic hydroxyl groups is 1. The molecule has 0 radical (unpaired) electrons. The highest BCUT2D eigenvalue weighted by atomic mass is 16.5. The third kappa shape index (κ3) is 3.66. The summed E-state index contributed by atoms with van der Waals surface area (Å²) in [4.78, 5) is 12.3. The maximum atomic E-state index is 12.3. The van der Waals surface area contributed by atoms with Crippen molar-refractivity contribution in [3.05, 3.63) is 0 Å². The van der Waals surface area contributed by atoms with Crippen molar-refractivity contribution in [1.29, 1.82) is 0 Å². The number of ether oxygens (including phenoxy) is 1. The molecule has 0 saturated carbocycles. The van der Waals surface area contributed by atoms with Gasteiger partial charge in [-0.2, -0.15) is 0 Å². The Kier molecular flexibility index (Phi) is 5.88. The molecule has 0 aromatic carbocycles. The molecule has 1 rings (SSSR count). The summed E-state index contributed by atoms with van der Waals surface area (Å²) < 4.78 is 4.96. The molecule has 0 bridgehead atoms. The van der Waals surface area contributed by atoms with Gasteiger partial charge in [0.05, 0.1) is 24.7 Å². The first-order valence-corrected chi connectivity index (χ1v) is 6.30. The molecule has 0 spiro atoms. The summed E-state index contributed by atoms with van der Waals surface area (Å²) in [5.74, 6) is 0.0421.